The van der Waals surface area contributed by atoms with Gasteiger partial charge >= 0.3 is 0 Å². The van der Waals surface area contributed by atoms with Crippen molar-refractivity contribution in [2.45, 2.75) is 66.2 Å². The standard InChI is InChI=1S/C24H32N2/c1-5-7-9-21-11-15-23(16-12-21)19(3)25-26-20(4)24-17-13-22(14-18-24)10-8-6-2/h11-18H,5-10H2,1-4H3/b25-19+,26-20+. The fourth-order valence-corrected chi connectivity index (χ4v) is 2.85. The number of nitrogens with zero attached hydrogens (tertiary/aromatic N) is 2. The van der Waals surface area contributed by atoms with E-state index in [1.54, 1.807) is 0 Å². The van der Waals surface area contributed by atoms with E-state index in [-0.39, 0.29) is 0 Å². The Morgan fingerprint density at radius 2 is 0.962 bits per heavy atom. The number of benzene rings is 2. The van der Waals surface area contributed by atoms with Crippen molar-refractivity contribution in [3.05, 3.63) is 70.8 Å². The molecular formula is C24H32N2. The van der Waals surface area contributed by atoms with E-state index in [4.69, 9.17) is 0 Å². The van der Waals surface area contributed by atoms with Crippen molar-refractivity contribution >= 4 is 11.4 Å². The third-order valence-corrected chi connectivity index (χ3v) is 4.73. The SMILES string of the molecule is CCCCc1ccc(/C(C)=N/N=C(\C)c2ccc(CCCC)cc2)cc1. The van der Waals surface area contributed by atoms with Crippen LogP contribution in [0.15, 0.2) is 58.7 Å². The van der Waals surface area contributed by atoms with Crippen LogP contribution in [0.25, 0.3) is 0 Å². The summed E-state index contributed by atoms with van der Waals surface area (Å²) >= 11 is 0. The van der Waals surface area contributed by atoms with Crippen molar-refractivity contribution in [2.75, 3.05) is 0 Å². The molecule has 0 heterocycles. The van der Waals surface area contributed by atoms with Gasteiger partial charge in [-0.1, -0.05) is 75.2 Å². The third kappa shape index (κ3) is 6.25. The maximum atomic E-state index is 4.44. The predicted molar refractivity (Wildman–Crippen MR) is 115 cm³/mol. The molecule has 0 bridgehead atoms. The molecule has 26 heavy (non-hydrogen) atoms. The molecule has 0 saturated carbocycles. The minimum Gasteiger partial charge on any atom is -0.155 e. The van der Waals surface area contributed by atoms with E-state index in [1.165, 1.54) is 36.8 Å². The van der Waals surface area contributed by atoms with E-state index < -0.39 is 0 Å². The average molecular weight is 349 g/mol. The highest BCUT2D eigenvalue weighted by molar-refractivity contribution is 6.01. The lowest BCUT2D eigenvalue weighted by Crippen LogP contribution is -1.98. The van der Waals surface area contributed by atoms with Gasteiger partial charge < -0.3 is 0 Å². The number of unbranched alkanes of at least 4 members (excludes halogenated alkanes) is 2. The van der Waals surface area contributed by atoms with Crippen molar-refractivity contribution in [3.8, 4) is 0 Å². The van der Waals surface area contributed by atoms with Gasteiger partial charge in [-0.3, -0.25) is 0 Å². The van der Waals surface area contributed by atoms with Crippen molar-refractivity contribution in [3.63, 3.8) is 0 Å². The second-order valence-corrected chi connectivity index (χ2v) is 6.97. The maximum absolute atomic E-state index is 4.44. The van der Waals surface area contributed by atoms with Gasteiger partial charge in [-0.2, -0.15) is 10.2 Å². The van der Waals surface area contributed by atoms with Crippen molar-refractivity contribution in [1.29, 1.82) is 0 Å². The van der Waals surface area contributed by atoms with Crippen LogP contribution in [0.1, 0.15) is 75.6 Å². The molecule has 0 unspecified atom stereocenters. The van der Waals surface area contributed by atoms with Crippen molar-refractivity contribution in [1.82, 2.24) is 0 Å². The molecule has 2 nitrogen and oxygen atoms in total. The summed E-state index contributed by atoms with van der Waals surface area (Å²) in [6, 6.07) is 17.4. The molecule has 0 aliphatic heterocycles. The van der Waals surface area contributed by atoms with Crippen molar-refractivity contribution < 1.29 is 0 Å². The molecule has 0 N–H and O–H groups in total. The van der Waals surface area contributed by atoms with E-state index in [1.807, 2.05) is 13.8 Å². The summed E-state index contributed by atoms with van der Waals surface area (Å²) in [5, 5.41) is 8.88. The van der Waals surface area contributed by atoms with E-state index in [0.717, 1.165) is 35.4 Å². The van der Waals surface area contributed by atoms with Crippen LogP contribution >= 0.6 is 0 Å². The summed E-state index contributed by atoms with van der Waals surface area (Å²) in [6.07, 6.45) is 7.25. The summed E-state index contributed by atoms with van der Waals surface area (Å²) in [5.74, 6) is 0. The van der Waals surface area contributed by atoms with Crippen molar-refractivity contribution in [2.24, 2.45) is 10.2 Å². The first-order valence-electron chi connectivity index (χ1n) is 9.91. The topological polar surface area (TPSA) is 24.7 Å². The Morgan fingerprint density at radius 3 is 1.27 bits per heavy atom. The van der Waals surface area contributed by atoms with Gasteiger partial charge in [0.2, 0.25) is 0 Å². The zero-order chi connectivity index (χ0) is 18.8. The normalized spacial score (nSPS) is 12.5. The van der Waals surface area contributed by atoms with Crippen LogP contribution in [0.5, 0.6) is 0 Å². The van der Waals surface area contributed by atoms with Crippen LogP contribution in [0.4, 0.5) is 0 Å². The van der Waals surface area contributed by atoms with Crippen LogP contribution in [0, 0.1) is 0 Å². The molecule has 0 aliphatic carbocycles. The lowest BCUT2D eigenvalue weighted by Gasteiger charge is -2.04. The molecule has 0 atom stereocenters. The number of rotatable bonds is 9. The Labute approximate surface area is 159 Å². The minimum atomic E-state index is 0.950. The molecular weight excluding hydrogens is 316 g/mol. The zero-order valence-corrected chi connectivity index (χ0v) is 16.8. The molecule has 0 aliphatic rings. The summed E-state index contributed by atoms with van der Waals surface area (Å²) in [7, 11) is 0. The van der Waals surface area contributed by atoms with Crippen LogP contribution < -0.4 is 0 Å². The summed E-state index contributed by atoms with van der Waals surface area (Å²) in [6.45, 7) is 8.49. The molecule has 0 spiro atoms. The summed E-state index contributed by atoms with van der Waals surface area (Å²) in [4.78, 5) is 0. The quantitative estimate of drug-likeness (QED) is 0.360. The maximum Gasteiger partial charge on any atom is 0.0671 e. The highest BCUT2D eigenvalue weighted by atomic mass is 15.2. The second-order valence-electron chi connectivity index (χ2n) is 6.97. The summed E-state index contributed by atoms with van der Waals surface area (Å²) < 4.78 is 0. The Morgan fingerprint density at radius 1 is 0.615 bits per heavy atom. The third-order valence-electron chi connectivity index (χ3n) is 4.73. The van der Waals surface area contributed by atoms with Gasteiger partial charge in [-0.15, -0.1) is 0 Å². The Hall–Kier alpha value is -2.22. The highest BCUT2D eigenvalue weighted by Crippen LogP contribution is 2.11. The Kier molecular flexibility index (Phi) is 8.27. The van der Waals surface area contributed by atoms with Gasteiger partial charge in [0.1, 0.15) is 0 Å². The Bertz CT molecular complexity index is 656. The van der Waals surface area contributed by atoms with E-state index in [0.29, 0.717) is 0 Å². The molecule has 2 rings (SSSR count). The Balaban J connectivity index is 2.03. The van der Waals surface area contributed by atoms with E-state index in [2.05, 4.69) is 72.6 Å². The first-order chi connectivity index (χ1) is 12.6. The summed E-state index contributed by atoms with van der Waals surface area (Å²) in [5.41, 5.74) is 6.96. The highest BCUT2D eigenvalue weighted by Gasteiger charge is 2.01. The minimum absolute atomic E-state index is 0.950. The molecule has 0 aromatic heterocycles. The molecule has 2 aromatic carbocycles. The first kappa shape index (κ1) is 20.1. The lowest BCUT2D eigenvalue weighted by molar-refractivity contribution is 0.795. The van der Waals surface area contributed by atoms with E-state index >= 15 is 0 Å². The van der Waals surface area contributed by atoms with Gasteiger partial charge in [-0.25, -0.2) is 0 Å². The smallest absolute Gasteiger partial charge is 0.0671 e. The monoisotopic (exact) mass is 348 g/mol. The van der Waals surface area contributed by atoms with Crippen LogP contribution in [-0.4, -0.2) is 11.4 Å². The first-order valence-corrected chi connectivity index (χ1v) is 9.91. The molecule has 2 aromatic rings. The molecule has 0 saturated heterocycles. The van der Waals surface area contributed by atoms with Crippen LogP contribution in [-0.2, 0) is 12.8 Å². The van der Waals surface area contributed by atoms with Gasteiger partial charge in [0.15, 0.2) is 0 Å². The lowest BCUT2D eigenvalue weighted by atomic mass is 10.0. The van der Waals surface area contributed by atoms with Gasteiger partial charge in [0.05, 0.1) is 11.4 Å². The van der Waals surface area contributed by atoms with E-state index in [9.17, 15) is 0 Å². The molecule has 0 radical (unpaired) electrons. The second kappa shape index (κ2) is 10.7. The van der Waals surface area contributed by atoms with Crippen LogP contribution in [0.2, 0.25) is 0 Å². The predicted octanol–water partition coefficient (Wildman–Crippen LogP) is 6.61. The molecule has 2 heteroatoms. The average Bonchev–Trinajstić information content (AvgIpc) is 2.69. The zero-order valence-electron chi connectivity index (χ0n) is 16.8. The molecule has 0 fully saturated rings. The van der Waals surface area contributed by atoms with Gasteiger partial charge in [0.25, 0.3) is 0 Å². The fraction of sp³-hybridized carbons (Fsp3) is 0.417. The van der Waals surface area contributed by atoms with Gasteiger partial charge in [0, 0.05) is 0 Å². The molecule has 138 valence electrons. The molecule has 0 amide bonds. The number of aryl methyl sites for hydroxylation is 2. The number of hydrogen-bond acceptors (Lipinski definition) is 2. The largest absolute Gasteiger partial charge is 0.155 e. The van der Waals surface area contributed by atoms with Gasteiger partial charge in [-0.05, 0) is 61.8 Å². The van der Waals surface area contributed by atoms with Crippen LogP contribution in [0.3, 0.4) is 0 Å². The fourth-order valence-electron chi connectivity index (χ4n) is 2.85. The number of hydrogen-bond donors (Lipinski definition) is 0.